The second kappa shape index (κ2) is 4.68. The van der Waals surface area contributed by atoms with Crippen molar-refractivity contribution in [1.82, 2.24) is 15.2 Å². The van der Waals surface area contributed by atoms with E-state index in [0.717, 1.165) is 16.3 Å². The van der Waals surface area contributed by atoms with Crippen molar-refractivity contribution in [2.75, 3.05) is 0 Å². The first-order valence-corrected chi connectivity index (χ1v) is 7.91. The summed E-state index contributed by atoms with van der Waals surface area (Å²) in [5, 5.41) is 9.23. The largest absolute Gasteiger partial charge is 0.325 e. The van der Waals surface area contributed by atoms with Crippen LogP contribution in [0.2, 0.25) is 0 Å². The first-order valence-electron chi connectivity index (χ1n) is 6.08. The molecule has 5 nitrogen and oxygen atoms in total. The Morgan fingerprint density at radius 3 is 2.80 bits per heavy atom. The lowest BCUT2D eigenvalue weighted by Crippen LogP contribution is -2.40. The van der Waals surface area contributed by atoms with Crippen molar-refractivity contribution in [3.05, 3.63) is 38.5 Å². The van der Waals surface area contributed by atoms with Gasteiger partial charge in [0.1, 0.15) is 10.5 Å². The molecule has 1 aliphatic heterocycles. The molecule has 0 aliphatic carbocycles. The molecule has 7 heteroatoms. The molecule has 2 aromatic rings. The van der Waals surface area contributed by atoms with Crippen LogP contribution in [0, 0.1) is 6.92 Å². The standard InChI is InChI=1S/C13H13N3O2S2/c1-8-6-20-10(14-8)5-16-11(17)13(2,15-12(16)18)9-3-4-19-7-9/h3-4,6-7H,5H2,1-2H3,(H,15,18). The van der Waals surface area contributed by atoms with E-state index in [1.54, 1.807) is 6.92 Å². The van der Waals surface area contributed by atoms with Crippen LogP contribution in [0.15, 0.2) is 22.2 Å². The zero-order chi connectivity index (χ0) is 14.3. The smallest absolute Gasteiger partial charge is 0.319 e. The molecule has 3 rings (SSSR count). The molecule has 1 unspecified atom stereocenters. The molecule has 104 valence electrons. The molecule has 20 heavy (non-hydrogen) atoms. The molecule has 1 aliphatic rings. The Kier molecular flexibility index (Phi) is 3.10. The number of imide groups is 1. The Morgan fingerprint density at radius 1 is 1.40 bits per heavy atom. The number of aryl methyl sites for hydroxylation is 1. The quantitative estimate of drug-likeness (QED) is 0.886. The summed E-state index contributed by atoms with van der Waals surface area (Å²) in [4.78, 5) is 30.2. The van der Waals surface area contributed by atoms with Gasteiger partial charge in [0.2, 0.25) is 0 Å². The maximum absolute atomic E-state index is 12.6. The van der Waals surface area contributed by atoms with Gasteiger partial charge in [0, 0.05) is 11.1 Å². The molecular formula is C13H13N3O2S2. The maximum Gasteiger partial charge on any atom is 0.325 e. The molecule has 0 saturated carbocycles. The van der Waals surface area contributed by atoms with E-state index >= 15 is 0 Å². The Balaban J connectivity index is 1.87. The Labute approximate surface area is 124 Å². The third kappa shape index (κ3) is 2.03. The fourth-order valence-corrected chi connectivity index (χ4v) is 3.72. The Bertz CT molecular complexity index is 665. The molecule has 1 N–H and O–H groups in total. The molecule has 0 spiro atoms. The van der Waals surface area contributed by atoms with Gasteiger partial charge in [-0.25, -0.2) is 9.78 Å². The number of rotatable bonds is 3. The summed E-state index contributed by atoms with van der Waals surface area (Å²) < 4.78 is 0. The van der Waals surface area contributed by atoms with Crippen LogP contribution >= 0.6 is 22.7 Å². The average molecular weight is 307 g/mol. The minimum atomic E-state index is -0.969. The van der Waals surface area contributed by atoms with Crippen molar-refractivity contribution in [3.8, 4) is 0 Å². The van der Waals surface area contributed by atoms with Crippen molar-refractivity contribution < 1.29 is 9.59 Å². The predicted molar refractivity (Wildman–Crippen MR) is 77.6 cm³/mol. The first kappa shape index (κ1) is 13.3. The van der Waals surface area contributed by atoms with E-state index in [4.69, 9.17) is 0 Å². The van der Waals surface area contributed by atoms with Crippen LogP contribution in [-0.2, 0) is 16.9 Å². The zero-order valence-corrected chi connectivity index (χ0v) is 12.7. The molecular weight excluding hydrogens is 294 g/mol. The SMILES string of the molecule is Cc1csc(CN2C(=O)NC(C)(c3ccsc3)C2=O)n1. The highest BCUT2D eigenvalue weighted by Crippen LogP contribution is 2.31. The van der Waals surface area contributed by atoms with Gasteiger partial charge in [-0.05, 0) is 36.2 Å². The Morgan fingerprint density at radius 2 is 2.20 bits per heavy atom. The van der Waals surface area contributed by atoms with Gasteiger partial charge < -0.3 is 5.32 Å². The lowest BCUT2D eigenvalue weighted by molar-refractivity contribution is -0.131. The molecule has 1 fully saturated rings. The number of thiophene rings is 1. The van der Waals surface area contributed by atoms with Crippen molar-refractivity contribution >= 4 is 34.6 Å². The van der Waals surface area contributed by atoms with Crippen molar-refractivity contribution in [2.45, 2.75) is 25.9 Å². The van der Waals surface area contributed by atoms with Gasteiger partial charge in [0.05, 0.1) is 6.54 Å². The number of thiazole rings is 1. The van der Waals surface area contributed by atoms with Gasteiger partial charge in [-0.1, -0.05) is 0 Å². The molecule has 0 bridgehead atoms. The lowest BCUT2D eigenvalue weighted by atomic mass is 9.95. The van der Waals surface area contributed by atoms with Crippen LogP contribution < -0.4 is 5.32 Å². The lowest BCUT2D eigenvalue weighted by Gasteiger charge is -2.20. The van der Waals surface area contributed by atoms with E-state index in [1.165, 1.54) is 27.6 Å². The minimum Gasteiger partial charge on any atom is -0.319 e. The van der Waals surface area contributed by atoms with Crippen LogP contribution in [-0.4, -0.2) is 21.8 Å². The number of nitrogens with zero attached hydrogens (tertiary/aromatic N) is 2. The molecule has 3 heterocycles. The summed E-state index contributed by atoms with van der Waals surface area (Å²) in [6, 6.07) is 1.50. The van der Waals surface area contributed by atoms with E-state index < -0.39 is 5.54 Å². The van der Waals surface area contributed by atoms with E-state index in [2.05, 4.69) is 10.3 Å². The van der Waals surface area contributed by atoms with Gasteiger partial charge >= 0.3 is 6.03 Å². The fraction of sp³-hybridized carbons (Fsp3) is 0.308. The molecule has 2 aromatic heterocycles. The summed E-state index contributed by atoms with van der Waals surface area (Å²) in [5.41, 5.74) is 0.750. The topological polar surface area (TPSA) is 62.3 Å². The molecule has 0 aromatic carbocycles. The van der Waals surface area contributed by atoms with Gasteiger partial charge in [-0.3, -0.25) is 9.69 Å². The average Bonchev–Trinajstić information content (AvgIpc) is 3.09. The fourth-order valence-electron chi connectivity index (χ4n) is 2.20. The van der Waals surface area contributed by atoms with Gasteiger partial charge in [0.25, 0.3) is 5.91 Å². The third-order valence-electron chi connectivity index (χ3n) is 3.33. The van der Waals surface area contributed by atoms with Gasteiger partial charge in [-0.2, -0.15) is 11.3 Å². The number of carbonyl (C=O) groups is 2. The number of hydrogen-bond acceptors (Lipinski definition) is 5. The molecule has 1 atom stereocenters. The summed E-state index contributed by atoms with van der Waals surface area (Å²) in [5.74, 6) is -0.228. The minimum absolute atomic E-state index is 0.225. The number of amides is 3. The Hall–Kier alpha value is -1.73. The third-order valence-corrected chi connectivity index (χ3v) is 4.97. The number of aromatic nitrogens is 1. The number of hydrogen-bond donors (Lipinski definition) is 1. The number of nitrogens with one attached hydrogen (secondary N) is 1. The summed E-state index contributed by atoms with van der Waals surface area (Å²) in [7, 11) is 0. The van der Waals surface area contributed by atoms with Crippen LogP contribution in [0.3, 0.4) is 0 Å². The number of urea groups is 1. The number of carbonyl (C=O) groups excluding carboxylic acids is 2. The molecule has 1 saturated heterocycles. The van der Waals surface area contributed by atoms with Crippen molar-refractivity contribution in [3.63, 3.8) is 0 Å². The second-order valence-corrected chi connectivity index (χ2v) is 6.56. The van der Waals surface area contributed by atoms with E-state index in [-0.39, 0.29) is 18.5 Å². The van der Waals surface area contributed by atoms with Crippen LogP contribution in [0.1, 0.15) is 23.2 Å². The van der Waals surface area contributed by atoms with Gasteiger partial charge in [0.15, 0.2) is 0 Å². The summed E-state index contributed by atoms with van der Waals surface area (Å²) in [6.45, 7) is 3.85. The first-order chi connectivity index (χ1) is 9.50. The monoisotopic (exact) mass is 307 g/mol. The van der Waals surface area contributed by atoms with E-state index in [9.17, 15) is 9.59 Å². The van der Waals surface area contributed by atoms with Crippen LogP contribution in [0.25, 0.3) is 0 Å². The molecule has 0 radical (unpaired) electrons. The maximum atomic E-state index is 12.6. The summed E-state index contributed by atoms with van der Waals surface area (Å²) >= 11 is 2.96. The van der Waals surface area contributed by atoms with E-state index in [0.29, 0.717) is 0 Å². The van der Waals surface area contributed by atoms with Crippen molar-refractivity contribution in [2.24, 2.45) is 0 Å². The second-order valence-electron chi connectivity index (χ2n) is 4.84. The normalized spacial score (nSPS) is 22.4. The highest BCUT2D eigenvalue weighted by Gasteiger charge is 2.49. The van der Waals surface area contributed by atoms with E-state index in [1.807, 2.05) is 29.1 Å². The molecule has 3 amide bonds. The van der Waals surface area contributed by atoms with Crippen LogP contribution in [0.5, 0.6) is 0 Å². The van der Waals surface area contributed by atoms with Crippen LogP contribution in [0.4, 0.5) is 4.79 Å². The zero-order valence-electron chi connectivity index (χ0n) is 11.0. The van der Waals surface area contributed by atoms with Gasteiger partial charge in [-0.15, -0.1) is 11.3 Å². The highest BCUT2D eigenvalue weighted by molar-refractivity contribution is 7.09. The summed E-state index contributed by atoms with van der Waals surface area (Å²) in [6.07, 6.45) is 0. The highest BCUT2D eigenvalue weighted by atomic mass is 32.1. The van der Waals surface area contributed by atoms with Crippen molar-refractivity contribution in [1.29, 1.82) is 0 Å². The predicted octanol–water partition coefficient (Wildman–Crippen LogP) is 2.48.